The van der Waals surface area contributed by atoms with E-state index in [0.29, 0.717) is 40.7 Å². The molecule has 3 aromatic rings. The van der Waals surface area contributed by atoms with Crippen molar-refractivity contribution in [2.24, 2.45) is 4.99 Å². The van der Waals surface area contributed by atoms with Crippen LogP contribution in [-0.4, -0.2) is 59.2 Å². The molecular weight excluding hydrogens is 458 g/mol. The number of nitriles is 1. The molecule has 0 amide bonds. The van der Waals surface area contributed by atoms with Gasteiger partial charge >= 0.3 is 0 Å². The fraction of sp³-hybridized carbons (Fsp3) is 0.346. The van der Waals surface area contributed by atoms with Crippen molar-refractivity contribution >= 4 is 17.9 Å². The molecule has 4 rings (SSSR count). The van der Waals surface area contributed by atoms with E-state index in [9.17, 15) is 5.26 Å². The minimum Gasteiger partial charge on any atom is -0.501 e. The molecule has 1 saturated heterocycles. The Labute approximate surface area is 210 Å². The lowest BCUT2D eigenvalue weighted by atomic mass is 10.1. The second kappa shape index (κ2) is 11.4. The molecule has 1 aliphatic heterocycles. The van der Waals surface area contributed by atoms with Crippen LogP contribution in [0.4, 0.5) is 5.69 Å². The van der Waals surface area contributed by atoms with E-state index >= 15 is 0 Å². The highest BCUT2D eigenvalue weighted by Crippen LogP contribution is 2.30. The van der Waals surface area contributed by atoms with E-state index in [2.05, 4.69) is 37.7 Å². The van der Waals surface area contributed by atoms with E-state index < -0.39 is 0 Å². The summed E-state index contributed by atoms with van der Waals surface area (Å²) in [6.45, 7) is 9.49. The number of piperidine rings is 1. The van der Waals surface area contributed by atoms with Crippen molar-refractivity contribution in [1.82, 2.24) is 19.6 Å². The molecule has 186 valence electrons. The molecule has 0 aliphatic carbocycles. The summed E-state index contributed by atoms with van der Waals surface area (Å²) < 4.78 is 18.5. The molecule has 0 spiro atoms. The highest BCUT2D eigenvalue weighted by molar-refractivity contribution is 5.82. The Morgan fingerprint density at radius 1 is 1.25 bits per heavy atom. The number of aliphatic imine (C=N–C) groups is 1. The highest BCUT2D eigenvalue weighted by Gasteiger charge is 2.22. The van der Waals surface area contributed by atoms with Gasteiger partial charge in [0.15, 0.2) is 5.82 Å². The molecule has 4 heterocycles. The maximum atomic E-state index is 9.53. The quantitative estimate of drug-likeness (QED) is 0.252. The number of methoxy groups -OCH3 is 1. The summed E-state index contributed by atoms with van der Waals surface area (Å²) in [5.41, 5.74) is 2.74. The fourth-order valence-corrected chi connectivity index (χ4v) is 4.01. The van der Waals surface area contributed by atoms with Gasteiger partial charge in [0.2, 0.25) is 5.88 Å². The molecule has 10 nitrogen and oxygen atoms in total. The number of aromatic nitrogens is 4. The predicted molar refractivity (Wildman–Crippen MR) is 137 cm³/mol. The topological polar surface area (TPSA) is 110 Å². The Hall–Kier alpha value is -4.39. The second-order valence-electron chi connectivity index (χ2n) is 8.20. The van der Waals surface area contributed by atoms with Gasteiger partial charge < -0.3 is 19.1 Å². The van der Waals surface area contributed by atoms with Crippen LogP contribution in [0.3, 0.4) is 0 Å². The third-order valence-electron chi connectivity index (χ3n) is 5.93. The number of fused-ring (bicyclic) bond motifs is 1. The van der Waals surface area contributed by atoms with Gasteiger partial charge in [-0.05, 0) is 32.7 Å². The smallest absolute Gasteiger partial charge is 0.212 e. The van der Waals surface area contributed by atoms with Crippen molar-refractivity contribution in [1.29, 1.82) is 5.26 Å². The molecule has 1 aliphatic rings. The van der Waals surface area contributed by atoms with Crippen LogP contribution in [0, 0.1) is 11.3 Å². The lowest BCUT2D eigenvalue weighted by Crippen LogP contribution is -2.37. The van der Waals surface area contributed by atoms with Crippen LogP contribution in [0.25, 0.3) is 16.9 Å². The van der Waals surface area contributed by atoms with Crippen LogP contribution in [0.15, 0.2) is 59.6 Å². The zero-order valence-corrected chi connectivity index (χ0v) is 20.7. The predicted octanol–water partition coefficient (Wildman–Crippen LogP) is 4.14. The molecule has 0 radical (unpaired) electrons. The summed E-state index contributed by atoms with van der Waals surface area (Å²) in [4.78, 5) is 15.4. The molecule has 0 N–H and O–H groups in total. The largest absolute Gasteiger partial charge is 0.501 e. The molecule has 0 aromatic carbocycles. The van der Waals surface area contributed by atoms with E-state index in [4.69, 9.17) is 14.2 Å². The monoisotopic (exact) mass is 487 g/mol. The number of ether oxygens (including phenoxy) is 3. The number of hydrogen-bond donors (Lipinski definition) is 0. The van der Waals surface area contributed by atoms with Gasteiger partial charge in [0.1, 0.15) is 17.9 Å². The van der Waals surface area contributed by atoms with Crippen molar-refractivity contribution in [3.8, 4) is 23.2 Å². The van der Waals surface area contributed by atoms with Gasteiger partial charge in [-0.3, -0.25) is 0 Å². The van der Waals surface area contributed by atoms with Gasteiger partial charge in [-0.25, -0.2) is 19.5 Å². The maximum absolute atomic E-state index is 9.53. The van der Waals surface area contributed by atoms with Crippen molar-refractivity contribution in [2.45, 2.75) is 32.8 Å². The Morgan fingerprint density at radius 2 is 2.00 bits per heavy atom. The van der Waals surface area contributed by atoms with Gasteiger partial charge in [0, 0.05) is 32.0 Å². The Balaban J connectivity index is 1.47. The molecule has 0 unspecified atom stereocenters. The number of anilines is 1. The summed E-state index contributed by atoms with van der Waals surface area (Å²) in [7, 11) is 1.62. The van der Waals surface area contributed by atoms with Crippen molar-refractivity contribution in [3.63, 3.8) is 0 Å². The summed E-state index contributed by atoms with van der Waals surface area (Å²) in [6, 6.07) is 4.04. The molecule has 0 bridgehead atoms. The summed E-state index contributed by atoms with van der Waals surface area (Å²) in [5, 5.41) is 13.8. The lowest BCUT2D eigenvalue weighted by molar-refractivity contribution is 0.0929. The van der Waals surface area contributed by atoms with Crippen molar-refractivity contribution in [2.75, 3.05) is 31.7 Å². The fourth-order valence-electron chi connectivity index (χ4n) is 4.01. The van der Waals surface area contributed by atoms with E-state index in [1.165, 1.54) is 6.20 Å². The molecule has 1 fully saturated rings. The van der Waals surface area contributed by atoms with Crippen molar-refractivity contribution < 1.29 is 14.2 Å². The number of nitrogens with zero attached hydrogens (tertiary/aromatic N) is 7. The molecule has 0 atom stereocenters. The van der Waals surface area contributed by atoms with Gasteiger partial charge in [0.25, 0.3) is 0 Å². The lowest BCUT2D eigenvalue weighted by Gasteiger charge is -2.33. The van der Waals surface area contributed by atoms with Crippen LogP contribution in [0.1, 0.15) is 32.3 Å². The SMILES string of the molecule is C=N/C(=C\C=C(/C)OC)OC1CCN(c2cnc(-c3cc(OCC)cn4ncc(C#N)c34)nc2)CC1. The molecular formula is C26H29N7O3. The van der Waals surface area contributed by atoms with Gasteiger partial charge in [0.05, 0.1) is 66.6 Å². The maximum Gasteiger partial charge on any atom is 0.212 e. The molecule has 10 heteroatoms. The Morgan fingerprint density at radius 3 is 2.64 bits per heavy atom. The average molecular weight is 488 g/mol. The zero-order chi connectivity index (χ0) is 25.5. The zero-order valence-electron chi connectivity index (χ0n) is 20.7. The standard InChI is InChI=1S/C26H29N7O3/c1-5-35-22-12-23(25-19(13-27)14-31-33(25)17-22)26-29-15-20(16-30-26)32-10-8-21(9-11-32)36-24(28-3)7-6-18(2)34-4/h6-7,12,14-17,21H,3,5,8-11H2,1-2,4H3/b18-6+,24-7+. The highest BCUT2D eigenvalue weighted by atomic mass is 16.5. The Kier molecular flexibility index (Phi) is 7.80. The average Bonchev–Trinajstić information content (AvgIpc) is 3.34. The third-order valence-corrected chi connectivity index (χ3v) is 5.93. The van der Waals surface area contributed by atoms with Gasteiger partial charge in [-0.15, -0.1) is 0 Å². The van der Waals surface area contributed by atoms with Crippen LogP contribution in [-0.2, 0) is 9.47 Å². The van der Waals surface area contributed by atoms with Crippen LogP contribution >= 0.6 is 0 Å². The minimum absolute atomic E-state index is 0.0512. The van der Waals surface area contributed by atoms with E-state index in [1.54, 1.807) is 30.0 Å². The van der Waals surface area contributed by atoms with Crippen LogP contribution in [0.2, 0.25) is 0 Å². The van der Waals surface area contributed by atoms with Gasteiger partial charge in [-0.1, -0.05) is 0 Å². The van der Waals surface area contributed by atoms with E-state index in [-0.39, 0.29) is 6.10 Å². The first-order valence-electron chi connectivity index (χ1n) is 11.7. The van der Waals surface area contributed by atoms with E-state index in [1.807, 2.05) is 32.3 Å². The summed E-state index contributed by atoms with van der Waals surface area (Å²) in [5.74, 6) is 2.39. The normalized spacial score (nSPS) is 15.0. The first-order valence-corrected chi connectivity index (χ1v) is 11.7. The summed E-state index contributed by atoms with van der Waals surface area (Å²) in [6.07, 6.45) is 12.2. The van der Waals surface area contributed by atoms with Gasteiger partial charge in [-0.2, -0.15) is 10.4 Å². The second-order valence-corrected chi connectivity index (χ2v) is 8.20. The molecule has 0 saturated carbocycles. The number of allylic oxidation sites excluding steroid dienone is 3. The number of rotatable bonds is 9. The van der Waals surface area contributed by atoms with Crippen LogP contribution in [0.5, 0.6) is 5.75 Å². The first kappa shape index (κ1) is 24.7. The van der Waals surface area contributed by atoms with E-state index in [0.717, 1.165) is 37.4 Å². The first-order chi connectivity index (χ1) is 17.6. The number of pyridine rings is 1. The van der Waals surface area contributed by atoms with Crippen LogP contribution < -0.4 is 9.64 Å². The van der Waals surface area contributed by atoms with Crippen molar-refractivity contribution in [3.05, 3.63) is 60.2 Å². The molecule has 36 heavy (non-hydrogen) atoms. The number of hydrogen-bond acceptors (Lipinski definition) is 9. The Bertz CT molecular complexity index is 1310. The third kappa shape index (κ3) is 5.46. The minimum atomic E-state index is 0.0512. The summed E-state index contributed by atoms with van der Waals surface area (Å²) >= 11 is 0. The molecule has 3 aromatic heterocycles.